The van der Waals surface area contributed by atoms with Crippen molar-refractivity contribution in [3.8, 4) is 0 Å². The van der Waals surface area contributed by atoms with Crippen molar-refractivity contribution in [3.63, 3.8) is 0 Å². The van der Waals surface area contributed by atoms with Crippen LogP contribution in [0.25, 0.3) is 0 Å². The first-order valence-electron chi connectivity index (χ1n) is 7.55. The van der Waals surface area contributed by atoms with Crippen LogP contribution in [0.1, 0.15) is 45.4 Å². The molecular formula is C14H25F3N2. The monoisotopic (exact) mass is 278 g/mol. The number of likely N-dealkylation sites (N-methyl/N-ethyl adjacent to an activating group) is 1. The normalized spacial score (nSPS) is 33.6. The van der Waals surface area contributed by atoms with Gasteiger partial charge in [0, 0.05) is 18.6 Å². The Hall–Kier alpha value is -0.290. The summed E-state index contributed by atoms with van der Waals surface area (Å²) in [5, 5.41) is 3.40. The minimum atomic E-state index is -3.99. The molecular weight excluding hydrogens is 253 g/mol. The van der Waals surface area contributed by atoms with Gasteiger partial charge in [0.15, 0.2) is 0 Å². The zero-order chi connectivity index (χ0) is 13.9. The smallest absolute Gasteiger partial charge is 0.315 e. The standard InChI is InChI=1S/C14H25F3N2/c1-2-19(13-4-3-9-18-10-13)12-7-5-11(6-8-12)14(15,16)17/h11-13,18H,2-10H2,1H3. The molecule has 0 radical (unpaired) electrons. The molecule has 112 valence electrons. The van der Waals surface area contributed by atoms with Crippen molar-refractivity contribution in [2.75, 3.05) is 19.6 Å². The van der Waals surface area contributed by atoms with Crippen molar-refractivity contribution in [3.05, 3.63) is 0 Å². The molecule has 1 atom stereocenters. The first kappa shape index (κ1) is 15.1. The van der Waals surface area contributed by atoms with Crippen LogP contribution in [0.15, 0.2) is 0 Å². The van der Waals surface area contributed by atoms with E-state index in [-0.39, 0.29) is 0 Å². The Bertz CT molecular complexity index is 266. The Balaban J connectivity index is 1.87. The SMILES string of the molecule is CCN(C1CCC(C(F)(F)F)CC1)C1CCCNC1. The Morgan fingerprint density at radius 1 is 1.05 bits per heavy atom. The van der Waals surface area contributed by atoms with Crippen LogP contribution in [-0.2, 0) is 0 Å². The summed E-state index contributed by atoms with van der Waals surface area (Å²) in [6.07, 6.45) is 0.395. The molecule has 2 rings (SSSR count). The highest BCUT2D eigenvalue weighted by Gasteiger charge is 2.42. The molecule has 1 saturated carbocycles. The van der Waals surface area contributed by atoms with Crippen LogP contribution in [0.2, 0.25) is 0 Å². The Morgan fingerprint density at radius 3 is 2.21 bits per heavy atom. The summed E-state index contributed by atoms with van der Waals surface area (Å²) in [6.45, 7) is 5.15. The van der Waals surface area contributed by atoms with E-state index < -0.39 is 12.1 Å². The molecule has 0 bridgehead atoms. The first-order valence-corrected chi connectivity index (χ1v) is 7.55. The Morgan fingerprint density at radius 2 is 1.74 bits per heavy atom. The van der Waals surface area contributed by atoms with E-state index in [1.165, 1.54) is 12.8 Å². The summed E-state index contributed by atoms with van der Waals surface area (Å²) in [7, 11) is 0. The van der Waals surface area contributed by atoms with E-state index in [9.17, 15) is 13.2 Å². The highest BCUT2D eigenvalue weighted by Crippen LogP contribution is 2.39. The van der Waals surface area contributed by atoms with Gasteiger partial charge >= 0.3 is 6.18 Å². The number of halogens is 3. The lowest BCUT2D eigenvalue weighted by molar-refractivity contribution is -0.184. The van der Waals surface area contributed by atoms with Gasteiger partial charge in [-0.1, -0.05) is 6.92 Å². The zero-order valence-corrected chi connectivity index (χ0v) is 11.7. The number of hydrogen-bond acceptors (Lipinski definition) is 2. The van der Waals surface area contributed by atoms with Gasteiger partial charge in [-0.25, -0.2) is 0 Å². The van der Waals surface area contributed by atoms with E-state index in [0.29, 0.717) is 37.8 Å². The van der Waals surface area contributed by atoms with Crippen molar-refractivity contribution in [2.24, 2.45) is 5.92 Å². The Labute approximate surface area is 113 Å². The summed E-state index contributed by atoms with van der Waals surface area (Å²) in [4.78, 5) is 2.44. The highest BCUT2D eigenvalue weighted by molar-refractivity contribution is 4.87. The number of hydrogen-bond donors (Lipinski definition) is 1. The predicted molar refractivity (Wildman–Crippen MR) is 70.1 cm³/mol. The van der Waals surface area contributed by atoms with E-state index in [1.54, 1.807) is 0 Å². The zero-order valence-electron chi connectivity index (χ0n) is 11.7. The molecule has 5 heteroatoms. The van der Waals surface area contributed by atoms with Crippen LogP contribution in [0.4, 0.5) is 13.2 Å². The molecule has 19 heavy (non-hydrogen) atoms. The molecule has 1 heterocycles. The molecule has 0 amide bonds. The molecule has 2 fully saturated rings. The fourth-order valence-corrected chi connectivity index (χ4v) is 3.67. The quantitative estimate of drug-likeness (QED) is 0.853. The molecule has 1 aliphatic heterocycles. The first-order chi connectivity index (χ1) is 9.02. The van der Waals surface area contributed by atoms with Crippen molar-refractivity contribution in [1.29, 1.82) is 0 Å². The van der Waals surface area contributed by atoms with Gasteiger partial charge in [-0.05, 0) is 51.6 Å². The van der Waals surface area contributed by atoms with Gasteiger partial charge in [0.1, 0.15) is 0 Å². The van der Waals surface area contributed by atoms with E-state index in [4.69, 9.17) is 0 Å². The van der Waals surface area contributed by atoms with E-state index in [2.05, 4.69) is 17.1 Å². The lowest BCUT2D eigenvalue weighted by Crippen LogP contribution is -2.51. The fraction of sp³-hybridized carbons (Fsp3) is 1.00. The summed E-state index contributed by atoms with van der Waals surface area (Å²) in [5.41, 5.74) is 0. The van der Waals surface area contributed by atoms with Gasteiger partial charge in [0.25, 0.3) is 0 Å². The highest BCUT2D eigenvalue weighted by atomic mass is 19.4. The second kappa shape index (κ2) is 6.44. The van der Waals surface area contributed by atoms with Crippen molar-refractivity contribution in [1.82, 2.24) is 10.2 Å². The fourth-order valence-electron chi connectivity index (χ4n) is 3.67. The maximum atomic E-state index is 12.7. The molecule has 1 aliphatic carbocycles. The van der Waals surface area contributed by atoms with Gasteiger partial charge < -0.3 is 5.32 Å². The molecule has 0 spiro atoms. The minimum Gasteiger partial charge on any atom is -0.315 e. The van der Waals surface area contributed by atoms with E-state index >= 15 is 0 Å². The molecule has 1 N–H and O–H groups in total. The number of rotatable bonds is 3. The predicted octanol–water partition coefficient (Wildman–Crippen LogP) is 3.18. The Kier molecular flexibility index (Phi) is 5.12. The third-order valence-corrected chi connectivity index (χ3v) is 4.73. The number of nitrogens with zero attached hydrogens (tertiary/aromatic N) is 1. The summed E-state index contributed by atoms with van der Waals surface area (Å²) >= 11 is 0. The number of alkyl halides is 3. The molecule has 1 saturated heterocycles. The third-order valence-electron chi connectivity index (χ3n) is 4.73. The average molecular weight is 278 g/mol. The summed E-state index contributed by atoms with van der Waals surface area (Å²) < 4.78 is 38.0. The minimum absolute atomic E-state index is 0.310. The topological polar surface area (TPSA) is 15.3 Å². The molecule has 2 aliphatic rings. The maximum Gasteiger partial charge on any atom is 0.391 e. The van der Waals surface area contributed by atoms with Crippen LogP contribution in [0, 0.1) is 5.92 Å². The van der Waals surface area contributed by atoms with Crippen molar-refractivity contribution < 1.29 is 13.2 Å². The van der Waals surface area contributed by atoms with Gasteiger partial charge in [-0.2, -0.15) is 13.2 Å². The lowest BCUT2D eigenvalue weighted by Gasteiger charge is -2.42. The molecule has 0 aromatic heterocycles. The van der Waals surface area contributed by atoms with Crippen LogP contribution in [-0.4, -0.2) is 42.8 Å². The lowest BCUT2D eigenvalue weighted by atomic mass is 9.84. The number of nitrogens with one attached hydrogen (secondary N) is 1. The van der Waals surface area contributed by atoms with Crippen LogP contribution in [0.3, 0.4) is 0 Å². The third kappa shape index (κ3) is 3.85. The average Bonchev–Trinajstić information content (AvgIpc) is 2.40. The van der Waals surface area contributed by atoms with Crippen LogP contribution >= 0.6 is 0 Å². The maximum absolute atomic E-state index is 12.7. The van der Waals surface area contributed by atoms with Gasteiger partial charge in [0.2, 0.25) is 0 Å². The van der Waals surface area contributed by atoms with Crippen molar-refractivity contribution >= 4 is 0 Å². The second-order valence-electron chi connectivity index (χ2n) is 5.88. The van der Waals surface area contributed by atoms with Crippen molar-refractivity contribution in [2.45, 2.75) is 63.7 Å². The van der Waals surface area contributed by atoms with Crippen LogP contribution < -0.4 is 5.32 Å². The second-order valence-corrected chi connectivity index (χ2v) is 5.88. The van der Waals surface area contributed by atoms with Gasteiger partial charge in [-0.3, -0.25) is 4.90 Å². The van der Waals surface area contributed by atoms with E-state index in [0.717, 1.165) is 19.6 Å². The molecule has 0 aromatic rings. The van der Waals surface area contributed by atoms with Crippen LogP contribution in [0.5, 0.6) is 0 Å². The number of piperidine rings is 1. The largest absolute Gasteiger partial charge is 0.391 e. The molecule has 2 nitrogen and oxygen atoms in total. The summed E-state index contributed by atoms with van der Waals surface area (Å²) in [5.74, 6) is -1.06. The van der Waals surface area contributed by atoms with Gasteiger partial charge in [0.05, 0.1) is 5.92 Å². The molecule has 1 unspecified atom stereocenters. The summed E-state index contributed by atoms with van der Waals surface area (Å²) in [6, 6.07) is 0.875. The van der Waals surface area contributed by atoms with E-state index in [1.807, 2.05) is 0 Å². The molecule has 0 aromatic carbocycles. The van der Waals surface area contributed by atoms with Gasteiger partial charge in [-0.15, -0.1) is 0 Å².